The van der Waals surface area contributed by atoms with Crippen molar-refractivity contribution in [3.63, 3.8) is 0 Å². The van der Waals surface area contributed by atoms with Gasteiger partial charge in [0.2, 0.25) is 0 Å². The fourth-order valence-electron chi connectivity index (χ4n) is 3.77. The summed E-state index contributed by atoms with van der Waals surface area (Å²) in [6.07, 6.45) is 4.86. The van der Waals surface area contributed by atoms with E-state index in [1.807, 2.05) is 18.0 Å². The van der Waals surface area contributed by atoms with Gasteiger partial charge in [-0.2, -0.15) is 0 Å². The molecule has 1 saturated heterocycles. The number of nitrogens with zero attached hydrogens (tertiary/aromatic N) is 4. The minimum Gasteiger partial charge on any atom is -0.361 e. The highest BCUT2D eigenvalue weighted by molar-refractivity contribution is 5.96. The van der Waals surface area contributed by atoms with Crippen LogP contribution in [0.2, 0.25) is 0 Å². The lowest BCUT2D eigenvalue weighted by Crippen LogP contribution is -2.40. The number of carbonyl (C=O) groups excluding carboxylic acids is 1. The van der Waals surface area contributed by atoms with Gasteiger partial charge in [0, 0.05) is 56.0 Å². The Morgan fingerprint density at radius 1 is 1.40 bits per heavy atom. The molecule has 1 N–H and O–H groups in total. The minimum absolute atomic E-state index is 0.00288. The molecule has 1 fully saturated rings. The van der Waals surface area contributed by atoms with Gasteiger partial charge in [0.1, 0.15) is 17.1 Å². The molecule has 0 radical (unpaired) electrons. The molecule has 1 atom stereocenters. The highest BCUT2D eigenvalue weighted by atomic mass is 16.5. The fraction of sp³-hybridized carbons (Fsp3) is 0.556. The standard InChI is InChI=1S/C18H23N5O2/c1-11-16(12(2)25-22-11)18(24)23-7-3-4-13(10-23)17-20-9-14-8-19-6-5-15(14)21-17/h9,13,19H,3-8,10H2,1-2H3. The van der Waals surface area contributed by atoms with Crippen molar-refractivity contribution >= 4 is 5.91 Å². The van der Waals surface area contributed by atoms with Crippen molar-refractivity contribution in [2.75, 3.05) is 19.6 Å². The van der Waals surface area contributed by atoms with Crippen molar-refractivity contribution < 1.29 is 9.32 Å². The normalized spacial score (nSPS) is 20.4. The smallest absolute Gasteiger partial charge is 0.259 e. The average molecular weight is 341 g/mol. The van der Waals surface area contributed by atoms with E-state index in [4.69, 9.17) is 9.51 Å². The maximum atomic E-state index is 12.9. The van der Waals surface area contributed by atoms with Crippen molar-refractivity contribution in [3.8, 4) is 0 Å². The summed E-state index contributed by atoms with van der Waals surface area (Å²) >= 11 is 0. The number of hydrogen-bond donors (Lipinski definition) is 1. The van der Waals surface area contributed by atoms with Gasteiger partial charge in [0.15, 0.2) is 0 Å². The van der Waals surface area contributed by atoms with E-state index in [0.717, 1.165) is 50.4 Å². The molecule has 0 spiro atoms. The third kappa shape index (κ3) is 3.04. The minimum atomic E-state index is 0.00288. The molecule has 2 aliphatic rings. The predicted molar refractivity (Wildman–Crippen MR) is 91.3 cm³/mol. The Balaban J connectivity index is 1.54. The molecule has 25 heavy (non-hydrogen) atoms. The van der Waals surface area contributed by atoms with E-state index < -0.39 is 0 Å². The van der Waals surface area contributed by atoms with Crippen molar-refractivity contribution in [1.82, 2.24) is 25.3 Å². The summed E-state index contributed by atoms with van der Waals surface area (Å²) in [5.41, 5.74) is 3.59. The first-order chi connectivity index (χ1) is 12.1. The number of hydrogen-bond acceptors (Lipinski definition) is 6. The lowest BCUT2D eigenvalue weighted by atomic mass is 9.95. The average Bonchev–Trinajstić information content (AvgIpc) is 2.99. The van der Waals surface area contributed by atoms with Crippen LogP contribution in [-0.4, -0.2) is 45.6 Å². The maximum absolute atomic E-state index is 12.9. The Morgan fingerprint density at radius 2 is 2.28 bits per heavy atom. The van der Waals surface area contributed by atoms with Crippen molar-refractivity contribution in [3.05, 3.63) is 40.3 Å². The van der Waals surface area contributed by atoms with Gasteiger partial charge in [-0.15, -0.1) is 0 Å². The largest absolute Gasteiger partial charge is 0.361 e. The Morgan fingerprint density at radius 3 is 3.08 bits per heavy atom. The SMILES string of the molecule is Cc1noc(C)c1C(=O)N1CCCC(c2ncc3c(n2)CCNC3)C1. The van der Waals surface area contributed by atoms with Crippen LogP contribution in [0.3, 0.4) is 0 Å². The summed E-state index contributed by atoms with van der Waals surface area (Å²) in [6, 6.07) is 0. The molecule has 4 rings (SSSR count). The molecule has 1 unspecified atom stereocenters. The molecular formula is C18H23N5O2. The van der Waals surface area contributed by atoms with Gasteiger partial charge in [-0.1, -0.05) is 5.16 Å². The van der Waals surface area contributed by atoms with Gasteiger partial charge < -0.3 is 14.7 Å². The Bertz CT molecular complexity index is 781. The first kappa shape index (κ1) is 16.2. The number of nitrogens with one attached hydrogen (secondary N) is 1. The van der Waals surface area contributed by atoms with E-state index in [1.54, 1.807) is 6.92 Å². The first-order valence-electron chi connectivity index (χ1n) is 8.91. The molecule has 2 aromatic rings. The van der Waals surface area contributed by atoms with Crippen molar-refractivity contribution in [1.29, 1.82) is 0 Å². The molecule has 7 heteroatoms. The Kier molecular flexibility index (Phi) is 4.25. The summed E-state index contributed by atoms with van der Waals surface area (Å²) in [7, 11) is 0. The van der Waals surface area contributed by atoms with Crippen LogP contribution in [0.15, 0.2) is 10.7 Å². The second-order valence-corrected chi connectivity index (χ2v) is 6.92. The summed E-state index contributed by atoms with van der Waals surface area (Å²) in [5.74, 6) is 1.65. The molecule has 132 valence electrons. The van der Waals surface area contributed by atoms with Crippen LogP contribution in [0.4, 0.5) is 0 Å². The predicted octanol–water partition coefficient (Wildman–Crippen LogP) is 1.75. The van der Waals surface area contributed by atoms with Gasteiger partial charge in [-0.3, -0.25) is 4.79 Å². The van der Waals surface area contributed by atoms with Crippen LogP contribution in [0, 0.1) is 13.8 Å². The van der Waals surface area contributed by atoms with Crippen LogP contribution in [0.5, 0.6) is 0 Å². The highest BCUT2D eigenvalue weighted by Gasteiger charge is 2.30. The number of aromatic nitrogens is 3. The van der Waals surface area contributed by atoms with Crippen LogP contribution in [-0.2, 0) is 13.0 Å². The maximum Gasteiger partial charge on any atom is 0.259 e. The van der Waals surface area contributed by atoms with E-state index in [-0.39, 0.29) is 11.8 Å². The van der Waals surface area contributed by atoms with E-state index in [9.17, 15) is 4.79 Å². The van der Waals surface area contributed by atoms with Crippen LogP contribution < -0.4 is 5.32 Å². The molecule has 0 aromatic carbocycles. The van der Waals surface area contributed by atoms with E-state index >= 15 is 0 Å². The monoisotopic (exact) mass is 341 g/mol. The molecule has 2 aromatic heterocycles. The van der Waals surface area contributed by atoms with Crippen molar-refractivity contribution in [2.45, 2.75) is 45.6 Å². The highest BCUT2D eigenvalue weighted by Crippen LogP contribution is 2.27. The third-order valence-electron chi connectivity index (χ3n) is 5.15. The number of amides is 1. The van der Waals surface area contributed by atoms with Crippen LogP contribution in [0.1, 0.15) is 57.7 Å². The van der Waals surface area contributed by atoms with Gasteiger partial charge in [0.05, 0.1) is 5.69 Å². The molecule has 7 nitrogen and oxygen atoms in total. The molecule has 1 amide bonds. The van der Waals surface area contributed by atoms with E-state index in [1.165, 1.54) is 5.56 Å². The zero-order chi connectivity index (χ0) is 17.4. The number of carbonyl (C=O) groups is 1. The van der Waals surface area contributed by atoms with E-state index in [2.05, 4.69) is 15.5 Å². The second-order valence-electron chi connectivity index (χ2n) is 6.92. The number of rotatable bonds is 2. The van der Waals surface area contributed by atoms with Crippen LogP contribution in [0.25, 0.3) is 0 Å². The van der Waals surface area contributed by atoms with Crippen molar-refractivity contribution in [2.24, 2.45) is 0 Å². The van der Waals surface area contributed by atoms with Gasteiger partial charge >= 0.3 is 0 Å². The molecule has 0 saturated carbocycles. The summed E-state index contributed by atoms with van der Waals surface area (Å²) in [6.45, 7) is 6.82. The van der Waals surface area contributed by atoms with Crippen LogP contribution >= 0.6 is 0 Å². The molecule has 0 bridgehead atoms. The number of fused-ring (bicyclic) bond motifs is 1. The molecule has 0 aliphatic carbocycles. The van der Waals surface area contributed by atoms with Gasteiger partial charge in [0.25, 0.3) is 5.91 Å². The quantitative estimate of drug-likeness (QED) is 0.896. The molecular weight excluding hydrogens is 318 g/mol. The lowest BCUT2D eigenvalue weighted by molar-refractivity contribution is 0.0702. The zero-order valence-electron chi connectivity index (χ0n) is 14.7. The van der Waals surface area contributed by atoms with Gasteiger partial charge in [-0.05, 0) is 26.7 Å². The zero-order valence-corrected chi connectivity index (χ0v) is 14.7. The molecule has 4 heterocycles. The summed E-state index contributed by atoms with van der Waals surface area (Å²) in [5, 5.41) is 7.24. The second kappa shape index (κ2) is 6.55. The number of aryl methyl sites for hydroxylation is 2. The summed E-state index contributed by atoms with van der Waals surface area (Å²) in [4.78, 5) is 24.2. The Hall–Kier alpha value is -2.28. The molecule has 2 aliphatic heterocycles. The third-order valence-corrected chi connectivity index (χ3v) is 5.15. The fourth-order valence-corrected chi connectivity index (χ4v) is 3.77. The van der Waals surface area contributed by atoms with Gasteiger partial charge in [-0.25, -0.2) is 9.97 Å². The first-order valence-corrected chi connectivity index (χ1v) is 8.91. The number of likely N-dealkylation sites (tertiary alicyclic amines) is 1. The lowest BCUT2D eigenvalue weighted by Gasteiger charge is -2.32. The van der Waals surface area contributed by atoms with E-state index in [0.29, 0.717) is 23.6 Å². The number of piperidine rings is 1. The summed E-state index contributed by atoms with van der Waals surface area (Å²) < 4.78 is 5.15. The Labute approximate surface area is 146 Å². The topological polar surface area (TPSA) is 84.2 Å².